The molecule has 6 nitrogen and oxygen atoms in total. The van der Waals surface area contributed by atoms with Gasteiger partial charge in [0.1, 0.15) is 0 Å². The van der Waals surface area contributed by atoms with Crippen molar-refractivity contribution < 1.29 is 8.42 Å². The molecule has 1 aliphatic rings. The molecule has 158 valence electrons. The Bertz CT molecular complexity index is 1090. The third-order valence-corrected chi connectivity index (χ3v) is 7.94. The van der Waals surface area contributed by atoms with Crippen LogP contribution in [0.4, 0.5) is 0 Å². The molecule has 1 aromatic carbocycles. The normalized spacial score (nSPS) is 16.4. The van der Waals surface area contributed by atoms with Crippen LogP contribution in [0, 0.1) is 0 Å². The van der Waals surface area contributed by atoms with E-state index in [9.17, 15) is 8.42 Å². The molecule has 3 heterocycles. The van der Waals surface area contributed by atoms with Gasteiger partial charge < -0.3 is 5.32 Å². The molecule has 0 saturated heterocycles. The Morgan fingerprint density at radius 1 is 1.17 bits per heavy atom. The van der Waals surface area contributed by atoms with E-state index in [1.807, 2.05) is 12.1 Å². The van der Waals surface area contributed by atoms with Crippen LogP contribution in [0.5, 0.6) is 0 Å². The van der Waals surface area contributed by atoms with Gasteiger partial charge in [-0.2, -0.15) is 0 Å². The Kier molecular flexibility index (Phi) is 6.80. The molecule has 1 unspecified atom stereocenters. The molecular formula is C21H23ClN4O2S2. The highest BCUT2D eigenvalue weighted by Crippen LogP contribution is 2.30. The van der Waals surface area contributed by atoms with Gasteiger partial charge >= 0.3 is 0 Å². The quantitative estimate of drug-likeness (QED) is 0.500. The number of pyridine rings is 1. The number of aromatic nitrogens is 2. The number of thiazole rings is 1. The zero-order valence-corrected chi connectivity index (χ0v) is 18.7. The standard InChI is InChI=1S/C21H23ClN4O2S2/c22-16-5-3-15(4-6-16)14-18-21-19(9-13-24-18)29-20(26-21)2-1-10-25-30(27,28)17-7-11-23-12-8-17/h3-8,11-12,18,24-25H,1-2,9-10,13-14H2. The van der Waals surface area contributed by atoms with E-state index in [2.05, 4.69) is 27.2 Å². The van der Waals surface area contributed by atoms with Crippen molar-refractivity contribution in [2.24, 2.45) is 0 Å². The fraction of sp³-hybridized carbons (Fsp3) is 0.333. The number of fused-ring (bicyclic) bond motifs is 1. The number of hydrogen-bond donors (Lipinski definition) is 2. The molecule has 30 heavy (non-hydrogen) atoms. The lowest BCUT2D eigenvalue weighted by Crippen LogP contribution is -2.30. The lowest BCUT2D eigenvalue weighted by atomic mass is 9.99. The number of hydrogen-bond acceptors (Lipinski definition) is 6. The molecule has 0 amide bonds. The molecule has 0 saturated carbocycles. The summed E-state index contributed by atoms with van der Waals surface area (Å²) >= 11 is 7.74. The molecule has 2 N–H and O–H groups in total. The van der Waals surface area contributed by atoms with Crippen LogP contribution in [-0.2, 0) is 29.3 Å². The minimum Gasteiger partial charge on any atom is -0.308 e. The number of benzene rings is 1. The van der Waals surface area contributed by atoms with Crippen LogP contribution >= 0.6 is 22.9 Å². The zero-order chi connectivity index (χ0) is 21.0. The largest absolute Gasteiger partial charge is 0.308 e. The van der Waals surface area contributed by atoms with E-state index in [1.165, 1.54) is 35.0 Å². The second kappa shape index (κ2) is 9.53. The summed E-state index contributed by atoms with van der Waals surface area (Å²) in [6.07, 6.45) is 6.26. The van der Waals surface area contributed by atoms with E-state index < -0.39 is 10.0 Å². The summed E-state index contributed by atoms with van der Waals surface area (Å²) in [5.41, 5.74) is 2.36. The summed E-state index contributed by atoms with van der Waals surface area (Å²) in [5, 5.41) is 5.38. The third kappa shape index (κ3) is 5.25. The maximum absolute atomic E-state index is 12.3. The Labute approximate surface area is 185 Å². The first-order chi connectivity index (χ1) is 14.5. The minimum absolute atomic E-state index is 0.199. The zero-order valence-electron chi connectivity index (χ0n) is 16.3. The number of halogens is 1. The number of nitrogens with zero attached hydrogens (tertiary/aromatic N) is 2. The molecule has 0 aliphatic carbocycles. The molecule has 9 heteroatoms. The molecule has 0 fully saturated rings. The molecular weight excluding hydrogens is 440 g/mol. The van der Waals surface area contributed by atoms with E-state index in [1.54, 1.807) is 11.3 Å². The number of nitrogens with one attached hydrogen (secondary N) is 2. The van der Waals surface area contributed by atoms with Crippen LogP contribution < -0.4 is 10.0 Å². The van der Waals surface area contributed by atoms with Gasteiger partial charge in [-0.1, -0.05) is 23.7 Å². The molecule has 3 aromatic rings. The molecule has 0 radical (unpaired) electrons. The van der Waals surface area contributed by atoms with Crippen molar-refractivity contribution in [3.8, 4) is 0 Å². The fourth-order valence-corrected chi connectivity index (χ4v) is 5.86. The van der Waals surface area contributed by atoms with Crippen LogP contribution in [0.15, 0.2) is 53.7 Å². The molecule has 1 atom stereocenters. The first kappa shape index (κ1) is 21.4. The van der Waals surface area contributed by atoms with Crippen molar-refractivity contribution >= 4 is 33.0 Å². The van der Waals surface area contributed by atoms with Crippen LogP contribution in [-0.4, -0.2) is 31.5 Å². The summed E-state index contributed by atoms with van der Waals surface area (Å²) in [7, 11) is -3.49. The SMILES string of the molecule is O=S(=O)(NCCCc1nc2c(s1)CCNC2Cc1ccc(Cl)cc1)c1ccncc1. The molecule has 2 aromatic heterocycles. The highest BCUT2D eigenvalue weighted by Gasteiger charge is 2.24. The van der Waals surface area contributed by atoms with E-state index in [0.717, 1.165) is 41.5 Å². The Morgan fingerprint density at radius 3 is 2.70 bits per heavy atom. The molecule has 0 spiro atoms. The van der Waals surface area contributed by atoms with Crippen LogP contribution in [0.3, 0.4) is 0 Å². The predicted octanol–water partition coefficient (Wildman–Crippen LogP) is 3.53. The highest BCUT2D eigenvalue weighted by molar-refractivity contribution is 7.89. The van der Waals surface area contributed by atoms with Crippen LogP contribution in [0.25, 0.3) is 0 Å². The van der Waals surface area contributed by atoms with Crippen molar-refractivity contribution in [1.29, 1.82) is 0 Å². The first-order valence-electron chi connectivity index (χ1n) is 9.87. The molecule has 4 rings (SSSR count). The second-order valence-corrected chi connectivity index (χ2v) is 10.6. The summed E-state index contributed by atoms with van der Waals surface area (Å²) in [4.78, 5) is 10.3. The summed E-state index contributed by atoms with van der Waals surface area (Å²) < 4.78 is 27.2. The van der Waals surface area contributed by atoms with Crippen molar-refractivity contribution in [3.05, 3.63) is 75.0 Å². The Morgan fingerprint density at radius 2 is 1.93 bits per heavy atom. The molecule has 0 bridgehead atoms. The van der Waals surface area contributed by atoms with E-state index in [-0.39, 0.29) is 10.9 Å². The van der Waals surface area contributed by atoms with Gasteiger partial charge in [0.15, 0.2) is 0 Å². The monoisotopic (exact) mass is 462 g/mol. The van der Waals surface area contributed by atoms with Crippen molar-refractivity contribution in [1.82, 2.24) is 20.0 Å². The second-order valence-electron chi connectivity index (χ2n) is 7.19. The van der Waals surface area contributed by atoms with Crippen LogP contribution in [0.2, 0.25) is 5.02 Å². The van der Waals surface area contributed by atoms with Gasteiger partial charge in [0.25, 0.3) is 0 Å². The predicted molar refractivity (Wildman–Crippen MR) is 119 cm³/mol. The average molecular weight is 463 g/mol. The van der Waals surface area contributed by atoms with E-state index in [0.29, 0.717) is 13.0 Å². The van der Waals surface area contributed by atoms with Gasteiger partial charge in [-0.05, 0) is 49.1 Å². The summed E-state index contributed by atoms with van der Waals surface area (Å²) in [6.45, 7) is 1.32. The van der Waals surface area contributed by atoms with Gasteiger partial charge in [-0.25, -0.2) is 18.1 Å². The van der Waals surface area contributed by atoms with Crippen LogP contribution in [0.1, 0.15) is 33.6 Å². The lowest BCUT2D eigenvalue weighted by molar-refractivity contribution is 0.495. The smallest absolute Gasteiger partial charge is 0.240 e. The van der Waals surface area contributed by atoms with Crippen molar-refractivity contribution in [2.75, 3.05) is 13.1 Å². The Hall–Kier alpha value is -1.84. The van der Waals surface area contributed by atoms with E-state index in [4.69, 9.17) is 16.6 Å². The van der Waals surface area contributed by atoms with E-state index >= 15 is 0 Å². The van der Waals surface area contributed by atoms with Gasteiger partial charge in [-0.15, -0.1) is 11.3 Å². The highest BCUT2D eigenvalue weighted by atomic mass is 35.5. The van der Waals surface area contributed by atoms with Crippen molar-refractivity contribution in [2.45, 2.75) is 36.6 Å². The molecule has 1 aliphatic heterocycles. The minimum atomic E-state index is -3.49. The number of rotatable bonds is 8. The third-order valence-electron chi connectivity index (χ3n) is 5.02. The van der Waals surface area contributed by atoms with Gasteiger partial charge in [0.2, 0.25) is 10.0 Å². The average Bonchev–Trinajstić information content (AvgIpc) is 3.18. The first-order valence-corrected chi connectivity index (χ1v) is 12.5. The van der Waals surface area contributed by atoms with Crippen molar-refractivity contribution in [3.63, 3.8) is 0 Å². The summed E-state index contributed by atoms with van der Waals surface area (Å²) in [5.74, 6) is 0. The maximum atomic E-state index is 12.3. The number of sulfonamides is 1. The maximum Gasteiger partial charge on any atom is 0.240 e. The van der Waals surface area contributed by atoms with Gasteiger partial charge in [-0.3, -0.25) is 4.98 Å². The Balaban J connectivity index is 1.34. The topological polar surface area (TPSA) is 84.0 Å². The fourth-order valence-electron chi connectivity index (χ4n) is 3.50. The summed E-state index contributed by atoms with van der Waals surface area (Å²) in [6, 6.07) is 11.1. The van der Waals surface area contributed by atoms with Gasteiger partial charge in [0, 0.05) is 41.8 Å². The van der Waals surface area contributed by atoms with Gasteiger partial charge in [0.05, 0.1) is 21.6 Å². The lowest BCUT2D eigenvalue weighted by Gasteiger charge is -2.23. The number of aryl methyl sites for hydroxylation is 1.